The first-order valence-corrected chi connectivity index (χ1v) is 6.31. The lowest BCUT2D eigenvalue weighted by atomic mass is 10.1. The Morgan fingerprint density at radius 3 is 2.25 bits per heavy atom. The lowest BCUT2D eigenvalue weighted by molar-refractivity contribution is -0.145. The van der Waals surface area contributed by atoms with Crippen molar-refractivity contribution in [3.05, 3.63) is 0 Å². The van der Waals surface area contributed by atoms with Crippen molar-refractivity contribution in [1.29, 1.82) is 0 Å². The molecule has 0 aliphatic heterocycles. The van der Waals surface area contributed by atoms with E-state index in [2.05, 4.69) is 10.1 Å². The quantitative estimate of drug-likeness (QED) is 0.613. The van der Waals surface area contributed by atoms with Gasteiger partial charge in [0.15, 0.2) is 0 Å². The van der Waals surface area contributed by atoms with E-state index < -0.39 is 29.2 Å². The minimum atomic E-state index is -1.19. The molecule has 114 valence electrons. The average Bonchev–Trinajstić information content (AvgIpc) is 2.99. The lowest BCUT2D eigenvalue weighted by Gasteiger charge is -2.23. The summed E-state index contributed by atoms with van der Waals surface area (Å²) in [4.78, 5) is 34.9. The zero-order valence-corrected chi connectivity index (χ0v) is 12.4. The van der Waals surface area contributed by atoms with Gasteiger partial charge in [-0.2, -0.15) is 0 Å². The zero-order chi connectivity index (χ0) is 15.6. The molecule has 1 amide bonds. The van der Waals surface area contributed by atoms with Crippen LogP contribution in [0.15, 0.2) is 0 Å². The molecule has 7 heteroatoms. The van der Waals surface area contributed by atoms with Crippen molar-refractivity contribution >= 4 is 18.0 Å². The van der Waals surface area contributed by atoms with Crippen LogP contribution in [0.1, 0.15) is 33.6 Å². The number of amides is 1. The highest BCUT2D eigenvalue weighted by Crippen LogP contribution is 2.47. The first-order valence-electron chi connectivity index (χ1n) is 6.31. The SMILES string of the molecule is COC(=O)C[C@@H]1C[C@]1(NC(=O)OC(C)(C)C)C(=O)OC. The van der Waals surface area contributed by atoms with E-state index in [4.69, 9.17) is 9.47 Å². The average molecular weight is 287 g/mol. The molecule has 7 nitrogen and oxygen atoms in total. The molecule has 1 fully saturated rings. The molecule has 0 saturated heterocycles. The van der Waals surface area contributed by atoms with E-state index in [9.17, 15) is 14.4 Å². The van der Waals surface area contributed by atoms with Crippen LogP contribution in [0, 0.1) is 5.92 Å². The molecule has 1 aliphatic carbocycles. The van der Waals surface area contributed by atoms with Crippen LogP contribution >= 0.6 is 0 Å². The number of carbonyl (C=O) groups is 3. The highest BCUT2D eigenvalue weighted by molar-refractivity contribution is 5.90. The van der Waals surface area contributed by atoms with E-state index in [-0.39, 0.29) is 12.3 Å². The molecule has 0 unspecified atom stereocenters. The van der Waals surface area contributed by atoms with Crippen LogP contribution < -0.4 is 5.32 Å². The Balaban J connectivity index is 2.71. The highest BCUT2D eigenvalue weighted by atomic mass is 16.6. The van der Waals surface area contributed by atoms with Gasteiger partial charge >= 0.3 is 18.0 Å². The van der Waals surface area contributed by atoms with E-state index in [1.54, 1.807) is 20.8 Å². The number of rotatable bonds is 4. The molecule has 1 saturated carbocycles. The normalized spacial score (nSPS) is 24.6. The monoisotopic (exact) mass is 287 g/mol. The second-order valence-corrected chi connectivity index (χ2v) is 5.77. The molecule has 0 aromatic rings. The standard InChI is InChI=1S/C13H21NO6/c1-12(2,3)20-11(17)14-13(10(16)19-5)7-8(13)6-9(15)18-4/h8H,6-7H2,1-5H3,(H,14,17)/t8-,13-/m1/s1. The third-order valence-electron chi connectivity index (χ3n) is 3.02. The molecular weight excluding hydrogens is 266 g/mol. The van der Waals surface area contributed by atoms with E-state index >= 15 is 0 Å². The fraction of sp³-hybridized carbons (Fsp3) is 0.769. The van der Waals surface area contributed by atoms with Crippen molar-refractivity contribution < 1.29 is 28.6 Å². The minimum Gasteiger partial charge on any atom is -0.469 e. The second-order valence-electron chi connectivity index (χ2n) is 5.77. The van der Waals surface area contributed by atoms with Crippen molar-refractivity contribution in [2.24, 2.45) is 5.92 Å². The molecule has 2 atom stereocenters. The van der Waals surface area contributed by atoms with Gasteiger partial charge in [-0.1, -0.05) is 0 Å². The van der Waals surface area contributed by atoms with Gasteiger partial charge in [0, 0.05) is 5.92 Å². The molecule has 20 heavy (non-hydrogen) atoms. The fourth-order valence-corrected chi connectivity index (χ4v) is 1.98. The lowest BCUT2D eigenvalue weighted by Crippen LogP contribution is -2.47. The summed E-state index contributed by atoms with van der Waals surface area (Å²) in [5, 5.41) is 2.51. The molecule has 1 aliphatic rings. The largest absolute Gasteiger partial charge is 0.469 e. The van der Waals surface area contributed by atoms with Gasteiger partial charge in [0.25, 0.3) is 0 Å². The predicted octanol–water partition coefficient (Wildman–Crippen LogP) is 1.01. The summed E-state index contributed by atoms with van der Waals surface area (Å²) in [6.07, 6.45) is -0.342. The van der Waals surface area contributed by atoms with Crippen molar-refractivity contribution in [3.63, 3.8) is 0 Å². The number of methoxy groups -OCH3 is 2. The predicted molar refractivity (Wildman–Crippen MR) is 68.9 cm³/mol. The molecule has 0 heterocycles. The number of nitrogens with one attached hydrogen (secondary N) is 1. The van der Waals surface area contributed by atoms with Crippen LogP contribution in [0.2, 0.25) is 0 Å². The van der Waals surface area contributed by atoms with Crippen molar-refractivity contribution in [2.75, 3.05) is 14.2 Å². The topological polar surface area (TPSA) is 90.9 Å². The van der Waals surface area contributed by atoms with Gasteiger partial charge in [-0.25, -0.2) is 9.59 Å². The Kier molecular flexibility index (Phi) is 4.62. The van der Waals surface area contributed by atoms with Gasteiger partial charge in [0.05, 0.1) is 20.6 Å². The van der Waals surface area contributed by atoms with Gasteiger partial charge in [-0.3, -0.25) is 4.79 Å². The van der Waals surface area contributed by atoms with E-state index in [0.29, 0.717) is 6.42 Å². The fourth-order valence-electron chi connectivity index (χ4n) is 1.98. The van der Waals surface area contributed by atoms with Crippen LogP contribution in [-0.4, -0.2) is 43.4 Å². The van der Waals surface area contributed by atoms with E-state index in [0.717, 1.165) is 0 Å². The number of hydrogen-bond acceptors (Lipinski definition) is 6. The number of esters is 2. The van der Waals surface area contributed by atoms with Gasteiger partial charge < -0.3 is 19.5 Å². The molecular formula is C13H21NO6. The highest BCUT2D eigenvalue weighted by Gasteiger charge is 2.63. The van der Waals surface area contributed by atoms with Crippen LogP contribution in [0.4, 0.5) is 4.79 Å². The molecule has 0 aromatic carbocycles. The summed E-state index contributed by atoms with van der Waals surface area (Å²) in [5.74, 6) is -1.36. The Hall–Kier alpha value is -1.79. The minimum absolute atomic E-state index is 0.0431. The molecule has 0 spiro atoms. The van der Waals surface area contributed by atoms with Crippen molar-refractivity contribution in [2.45, 2.75) is 44.8 Å². The van der Waals surface area contributed by atoms with Crippen molar-refractivity contribution in [3.8, 4) is 0 Å². The zero-order valence-electron chi connectivity index (χ0n) is 12.4. The van der Waals surface area contributed by atoms with E-state index in [1.807, 2.05) is 0 Å². The molecule has 0 bridgehead atoms. The van der Waals surface area contributed by atoms with E-state index in [1.165, 1.54) is 14.2 Å². The molecule has 0 radical (unpaired) electrons. The summed E-state index contributed by atoms with van der Waals surface area (Å²) in [5.41, 5.74) is -1.86. The van der Waals surface area contributed by atoms with Gasteiger partial charge in [-0.15, -0.1) is 0 Å². The first kappa shape index (κ1) is 16.3. The summed E-state index contributed by atoms with van der Waals surface area (Å²) >= 11 is 0. The smallest absolute Gasteiger partial charge is 0.408 e. The Morgan fingerprint density at radius 1 is 1.20 bits per heavy atom. The summed E-state index contributed by atoms with van der Waals surface area (Å²) in [7, 11) is 2.50. The Bertz CT molecular complexity index is 414. The maximum absolute atomic E-state index is 11.8. The summed E-state index contributed by atoms with van der Waals surface area (Å²) in [6.45, 7) is 5.16. The molecule has 0 aromatic heterocycles. The molecule has 1 N–H and O–H groups in total. The van der Waals surface area contributed by atoms with Crippen LogP contribution in [0.3, 0.4) is 0 Å². The maximum Gasteiger partial charge on any atom is 0.408 e. The van der Waals surface area contributed by atoms with Gasteiger partial charge in [-0.05, 0) is 27.2 Å². The molecule has 1 rings (SSSR count). The number of alkyl carbamates (subject to hydrolysis) is 1. The number of ether oxygens (including phenoxy) is 3. The number of carbonyl (C=O) groups excluding carboxylic acids is 3. The number of hydrogen-bond donors (Lipinski definition) is 1. The van der Waals surface area contributed by atoms with Crippen LogP contribution in [-0.2, 0) is 23.8 Å². The Labute approximate surface area is 117 Å². The van der Waals surface area contributed by atoms with Crippen molar-refractivity contribution in [1.82, 2.24) is 5.32 Å². The van der Waals surface area contributed by atoms with Gasteiger partial charge in [0.2, 0.25) is 0 Å². The summed E-state index contributed by atoms with van der Waals surface area (Å²) in [6, 6.07) is 0. The maximum atomic E-state index is 11.8. The third-order valence-corrected chi connectivity index (χ3v) is 3.02. The second kappa shape index (κ2) is 5.68. The van der Waals surface area contributed by atoms with Crippen LogP contribution in [0.5, 0.6) is 0 Å². The third kappa shape index (κ3) is 3.85. The first-order chi connectivity index (χ1) is 9.14. The Morgan fingerprint density at radius 2 is 1.80 bits per heavy atom. The summed E-state index contributed by atoms with van der Waals surface area (Å²) < 4.78 is 14.4. The van der Waals surface area contributed by atoms with Gasteiger partial charge in [0.1, 0.15) is 11.1 Å². The van der Waals surface area contributed by atoms with Crippen LogP contribution in [0.25, 0.3) is 0 Å².